The Balaban J connectivity index is 1.39. The van der Waals surface area contributed by atoms with Crippen LogP contribution >= 0.6 is 0 Å². The van der Waals surface area contributed by atoms with Crippen LogP contribution in [0.1, 0.15) is 70.4 Å². The number of H-pyrrole nitrogens is 1. The van der Waals surface area contributed by atoms with E-state index in [2.05, 4.69) is 69.0 Å². The lowest BCUT2D eigenvalue weighted by Gasteiger charge is -2.37. The molecular formula is C32H43N9O2. The third-order valence-electron chi connectivity index (χ3n) is 9.93. The number of ether oxygens (including phenoxy) is 1. The van der Waals surface area contributed by atoms with E-state index < -0.39 is 0 Å². The molecule has 1 saturated heterocycles. The van der Waals surface area contributed by atoms with Crippen LogP contribution in [0.5, 0.6) is 0 Å². The van der Waals surface area contributed by atoms with E-state index >= 15 is 0 Å². The Kier molecular flexibility index (Phi) is 7.67. The van der Waals surface area contributed by atoms with E-state index in [-0.39, 0.29) is 17.8 Å². The highest BCUT2D eigenvalue weighted by Gasteiger charge is 2.33. The molecule has 1 aliphatic heterocycles. The second-order valence-corrected chi connectivity index (χ2v) is 12.9. The maximum atomic E-state index is 12.3. The summed E-state index contributed by atoms with van der Waals surface area (Å²) < 4.78 is 9.68. The van der Waals surface area contributed by atoms with Crippen molar-refractivity contribution < 1.29 is 4.74 Å². The van der Waals surface area contributed by atoms with Crippen LogP contribution in [0.3, 0.4) is 0 Å². The number of fused-ring (bicyclic) bond motifs is 1. The molecular weight excluding hydrogens is 542 g/mol. The van der Waals surface area contributed by atoms with E-state index in [1.54, 1.807) is 7.05 Å². The zero-order valence-corrected chi connectivity index (χ0v) is 25.5. The van der Waals surface area contributed by atoms with Gasteiger partial charge >= 0.3 is 5.69 Å². The van der Waals surface area contributed by atoms with Gasteiger partial charge in [-0.15, -0.1) is 5.10 Å². The van der Waals surface area contributed by atoms with Crippen LogP contribution < -0.4 is 15.9 Å². The van der Waals surface area contributed by atoms with Gasteiger partial charge in [-0.3, -0.25) is 4.98 Å². The molecule has 43 heavy (non-hydrogen) atoms. The van der Waals surface area contributed by atoms with Crippen molar-refractivity contribution in [2.45, 2.75) is 77.4 Å². The van der Waals surface area contributed by atoms with Crippen molar-refractivity contribution >= 4 is 22.9 Å². The summed E-state index contributed by atoms with van der Waals surface area (Å²) in [6.07, 6.45) is 8.65. The number of anilines is 2. The highest BCUT2D eigenvalue weighted by molar-refractivity contribution is 5.87. The lowest BCUT2D eigenvalue weighted by Crippen LogP contribution is -2.41. The molecule has 11 nitrogen and oxygen atoms in total. The first kappa shape index (κ1) is 28.1. The van der Waals surface area contributed by atoms with Crippen molar-refractivity contribution in [3.8, 4) is 11.6 Å². The van der Waals surface area contributed by atoms with Crippen molar-refractivity contribution in [1.29, 1.82) is 0 Å². The number of aryl methyl sites for hydroxylation is 1. The molecule has 228 valence electrons. The Morgan fingerprint density at radius 3 is 2.56 bits per heavy atom. The number of aromatic nitrogens is 7. The lowest BCUT2D eigenvalue weighted by molar-refractivity contribution is 0.0927. The Labute approximate surface area is 252 Å². The van der Waals surface area contributed by atoms with E-state index in [1.165, 1.54) is 55.2 Å². The van der Waals surface area contributed by atoms with Gasteiger partial charge in [0.1, 0.15) is 5.52 Å². The first-order chi connectivity index (χ1) is 20.9. The van der Waals surface area contributed by atoms with Gasteiger partial charge in [0, 0.05) is 26.2 Å². The lowest BCUT2D eigenvalue weighted by atomic mass is 9.80. The first-order valence-electron chi connectivity index (χ1n) is 16.0. The van der Waals surface area contributed by atoms with Gasteiger partial charge in [0.05, 0.1) is 19.3 Å². The molecule has 2 aliphatic carbocycles. The molecule has 11 heteroatoms. The van der Waals surface area contributed by atoms with Crippen LogP contribution in [0.2, 0.25) is 0 Å². The second-order valence-electron chi connectivity index (χ2n) is 12.9. The van der Waals surface area contributed by atoms with Crippen LogP contribution in [0.15, 0.2) is 35.1 Å². The molecule has 1 aromatic carbocycles. The average molecular weight is 586 g/mol. The molecule has 2 atom stereocenters. The minimum atomic E-state index is -0.298. The van der Waals surface area contributed by atoms with Crippen molar-refractivity contribution in [2.24, 2.45) is 24.8 Å². The van der Waals surface area contributed by atoms with Gasteiger partial charge in [0.25, 0.3) is 0 Å². The third kappa shape index (κ3) is 5.55. The summed E-state index contributed by atoms with van der Waals surface area (Å²) in [7, 11) is 1.62. The molecule has 2 saturated carbocycles. The Morgan fingerprint density at radius 2 is 1.86 bits per heavy atom. The molecule has 3 fully saturated rings. The zero-order valence-electron chi connectivity index (χ0n) is 25.5. The minimum Gasteiger partial charge on any atom is -0.377 e. The molecule has 3 aromatic heterocycles. The zero-order chi connectivity index (χ0) is 29.5. The topological polar surface area (TPSA) is 119 Å². The molecule has 0 radical (unpaired) electrons. The van der Waals surface area contributed by atoms with Crippen molar-refractivity contribution in [2.75, 3.05) is 30.0 Å². The number of rotatable bonds is 8. The maximum absolute atomic E-state index is 12.3. The maximum Gasteiger partial charge on any atom is 0.343 e. The van der Waals surface area contributed by atoms with Crippen molar-refractivity contribution in [3.63, 3.8) is 0 Å². The van der Waals surface area contributed by atoms with Gasteiger partial charge in [-0.25, -0.2) is 19.4 Å². The normalized spacial score (nSPS) is 23.8. The van der Waals surface area contributed by atoms with Crippen LogP contribution in [0.4, 0.5) is 11.8 Å². The van der Waals surface area contributed by atoms with Gasteiger partial charge in [-0.2, -0.15) is 4.98 Å². The third-order valence-corrected chi connectivity index (χ3v) is 9.93. The Morgan fingerprint density at radius 1 is 1.07 bits per heavy atom. The SMILES string of the molecule is CC1CCC(Cn2c(N3CCOC[C@H]3c3ccccc3)nc3nc(-c4nn(C)c(=O)[nH]4)nc(N[C@H](C)C4CCC4)c32)CC1. The quantitative estimate of drug-likeness (QED) is 0.299. The molecule has 4 heterocycles. The van der Waals surface area contributed by atoms with Gasteiger partial charge in [-0.05, 0) is 55.9 Å². The van der Waals surface area contributed by atoms with Crippen LogP contribution in [-0.2, 0) is 18.3 Å². The average Bonchev–Trinajstić information content (AvgIpc) is 3.52. The minimum absolute atomic E-state index is 0.0433. The summed E-state index contributed by atoms with van der Waals surface area (Å²) in [5.41, 5.74) is 2.47. The second kappa shape index (κ2) is 11.7. The monoisotopic (exact) mass is 585 g/mol. The number of benzene rings is 1. The van der Waals surface area contributed by atoms with E-state index in [4.69, 9.17) is 19.7 Å². The van der Waals surface area contributed by atoms with Gasteiger partial charge in [0.2, 0.25) is 11.8 Å². The van der Waals surface area contributed by atoms with E-state index in [1.807, 2.05) is 0 Å². The fourth-order valence-corrected chi connectivity index (χ4v) is 6.96. The number of nitrogens with one attached hydrogen (secondary N) is 2. The molecule has 0 amide bonds. The predicted octanol–water partition coefficient (Wildman–Crippen LogP) is 4.92. The standard InChI is InChI=1S/C32H43N9O2/c1-20-12-14-22(15-13-20)18-41-26-27(33-21(2)23-10-7-11-23)34-29(30-37-32(42)39(3)38-30)35-28(26)36-31(41)40-16-17-43-19-25(40)24-8-5-4-6-9-24/h4-6,8-9,20-23,25H,7,10-19H2,1-3H3,(H,33,34,35)(H,37,38,42)/t20?,21-,22?,25+/m1/s1. The number of aromatic amines is 1. The highest BCUT2D eigenvalue weighted by atomic mass is 16.5. The van der Waals surface area contributed by atoms with Crippen LogP contribution in [0, 0.1) is 17.8 Å². The number of morpholine rings is 1. The number of imidazole rings is 1. The Hall–Kier alpha value is -3.73. The largest absolute Gasteiger partial charge is 0.377 e. The van der Waals surface area contributed by atoms with Crippen LogP contribution in [0.25, 0.3) is 22.8 Å². The van der Waals surface area contributed by atoms with Crippen LogP contribution in [-0.4, -0.2) is 60.1 Å². The molecule has 0 bridgehead atoms. The molecule has 3 aliphatic rings. The fraction of sp³-hybridized carbons (Fsp3) is 0.594. The van der Waals surface area contributed by atoms with Gasteiger partial charge in [-0.1, -0.05) is 56.5 Å². The summed E-state index contributed by atoms with van der Waals surface area (Å²) in [6, 6.07) is 10.9. The van der Waals surface area contributed by atoms with Crippen molar-refractivity contribution in [1.82, 2.24) is 34.3 Å². The van der Waals surface area contributed by atoms with E-state index in [9.17, 15) is 4.79 Å². The number of hydrogen-bond acceptors (Lipinski definition) is 8. The molecule has 0 spiro atoms. The van der Waals surface area contributed by atoms with E-state index in [0.717, 1.165) is 36.3 Å². The number of hydrogen-bond donors (Lipinski definition) is 2. The van der Waals surface area contributed by atoms with Gasteiger partial charge < -0.3 is 19.5 Å². The van der Waals surface area contributed by atoms with E-state index in [0.29, 0.717) is 42.3 Å². The smallest absolute Gasteiger partial charge is 0.343 e. The number of nitrogens with zero attached hydrogens (tertiary/aromatic N) is 7. The highest BCUT2D eigenvalue weighted by Crippen LogP contribution is 2.38. The summed E-state index contributed by atoms with van der Waals surface area (Å²) in [5.74, 6) is 4.35. The fourth-order valence-electron chi connectivity index (χ4n) is 6.96. The Bertz CT molecular complexity index is 1610. The molecule has 2 N–H and O–H groups in total. The summed E-state index contributed by atoms with van der Waals surface area (Å²) in [4.78, 5) is 32.7. The molecule has 7 rings (SSSR count). The first-order valence-corrected chi connectivity index (χ1v) is 16.0. The van der Waals surface area contributed by atoms with Gasteiger partial charge in [0.15, 0.2) is 17.3 Å². The predicted molar refractivity (Wildman–Crippen MR) is 167 cm³/mol. The molecule has 4 aromatic rings. The summed E-state index contributed by atoms with van der Waals surface area (Å²) >= 11 is 0. The summed E-state index contributed by atoms with van der Waals surface area (Å²) in [6.45, 7) is 7.46. The molecule has 0 unspecified atom stereocenters. The van der Waals surface area contributed by atoms with Crippen molar-refractivity contribution in [3.05, 3.63) is 46.4 Å². The summed E-state index contributed by atoms with van der Waals surface area (Å²) in [5, 5.41) is 8.16.